The highest BCUT2D eigenvalue weighted by Gasteiger charge is 2.22. The Kier molecular flexibility index (Phi) is 4.02. The Morgan fingerprint density at radius 2 is 1.30 bits per heavy atom. The van der Waals surface area contributed by atoms with Gasteiger partial charge in [-0.05, 0) is 0 Å². The van der Waals surface area contributed by atoms with Crippen molar-refractivity contribution < 1.29 is 23.0 Å². The lowest BCUT2D eigenvalue weighted by atomic mass is 10.0. The summed E-state index contributed by atoms with van der Waals surface area (Å²) in [5.74, 6) is -0.661. The summed E-state index contributed by atoms with van der Waals surface area (Å²) in [5, 5.41) is 0. The number of hydrogen-bond donors (Lipinski definition) is 0. The molecule has 0 N–H and O–H groups in total. The number of nitrogens with zero attached hydrogens (tertiary/aromatic N) is 1. The van der Waals surface area contributed by atoms with E-state index in [9.17, 15) is 8.78 Å². The van der Waals surface area contributed by atoms with Crippen LogP contribution in [0.5, 0.6) is 17.2 Å². The first-order valence-electron chi connectivity index (χ1n) is 5.71. The summed E-state index contributed by atoms with van der Waals surface area (Å²) >= 11 is 0. The van der Waals surface area contributed by atoms with E-state index in [0.717, 1.165) is 12.4 Å². The van der Waals surface area contributed by atoms with Gasteiger partial charge in [0, 0.05) is 12.1 Å². The first-order chi connectivity index (χ1) is 9.62. The van der Waals surface area contributed by atoms with Crippen LogP contribution < -0.4 is 14.2 Å². The molecule has 0 aliphatic heterocycles. The van der Waals surface area contributed by atoms with Gasteiger partial charge in [-0.15, -0.1) is 0 Å². The van der Waals surface area contributed by atoms with E-state index in [2.05, 4.69) is 4.98 Å². The zero-order valence-electron chi connectivity index (χ0n) is 11.2. The van der Waals surface area contributed by atoms with Crippen molar-refractivity contribution in [3.63, 3.8) is 0 Å². The quantitative estimate of drug-likeness (QED) is 0.863. The SMILES string of the molecule is COc1cc(OC)c(-c2c(F)cncc2F)c(OC)c1. The van der Waals surface area contributed by atoms with Crippen LogP contribution in [-0.4, -0.2) is 26.3 Å². The van der Waals surface area contributed by atoms with E-state index in [1.54, 1.807) is 0 Å². The Morgan fingerprint density at radius 3 is 1.70 bits per heavy atom. The zero-order chi connectivity index (χ0) is 14.7. The van der Waals surface area contributed by atoms with Crippen molar-refractivity contribution in [3.8, 4) is 28.4 Å². The lowest BCUT2D eigenvalue weighted by Crippen LogP contribution is -1.99. The molecule has 4 nitrogen and oxygen atoms in total. The summed E-state index contributed by atoms with van der Waals surface area (Å²) in [6.45, 7) is 0. The third-order valence-electron chi connectivity index (χ3n) is 2.82. The van der Waals surface area contributed by atoms with E-state index in [0.29, 0.717) is 5.75 Å². The highest BCUT2D eigenvalue weighted by atomic mass is 19.1. The average molecular weight is 281 g/mol. The van der Waals surface area contributed by atoms with Crippen LogP contribution in [0.15, 0.2) is 24.5 Å². The minimum Gasteiger partial charge on any atom is -0.496 e. The Balaban J connectivity index is 2.78. The predicted octanol–water partition coefficient (Wildman–Crippen LogP) is 3.05. The number of rotatable bonds is 4. The second-order valence-corrected chi connectivity index (χ2v) is 3.89. The molecule has 0 aliphatic rings. The third-order valence-corrected chi connectivity index (χ3v) is 2.82. The van der Waals surface area contributed by atoms with Gasteiger partial charge in [-0.25, -0.2) is 8.78 Å². The van der Waals surface area contributed by atoms with Crippen LogP contribution in [0, 0.1) is 11.6 Å². The monoisotopic (exact) mass is 281 g/mol. The number of pyridine rings is 1. The largest absolute Gasteiger partial charge is 0.496 e. The number of halogens is 2. The van der Waals surface area contributed by atoms with Crippen LogP contribution in [0.3, 0.4) is 0 Å². The second kappa shape index (κ2) is 5.73. The van der Waals surface area contributed by atoms with Crippen LogP contribution in [0.2, 0.25) is 0 Å². The van der Waals surface area contributed by atoms with Crippen molar-refractivity contribution in [2.75, 3.05) is 21.3 Å². The molecule has 0 spiro atoms. The molecule has 6 heteroatoms. The highest BCUT2D eigenvalue weighted by molar-refractivity contribution is 5.78. The van der Waals surface area contributed by atoms with E-state index in [4.69, 9.17) is 14.2 Å². The Bertz CT molecular complexity index is 587. The molecule has 2 aromatic rings. The fraction of sp³-hybridized carbons (Fsp3) is 0.214. The van der Waals surface area contributed by atoms with Crippen molar-refractivity contribution in [1.29, 1.82) is 0 Å². The number of methoxy groups -OCH3 is 3. The molecule has 0 fully saturated rings. The van der Waals surface area contributed by atoms with Gasteiger partial charge in [0.15, 0.2) is 11.6 Å². The van der Waals surface area contributed by atoms with Gasteiger partial charge in [0.25, 0.3) is 0 Å². The molecule has 1 heterocycles. The molecule has 1 aromatic heterocycles. The van der Waals surface area contributed by atoms with Crippen LogP contribution in [0.1, 0.15) is 0 Å². The normalized spacial score (nSPS) is 10.2. The summed E-state index contributed by atoms with van der Waals surface area (Å²) in [6, 6.07) is 3.05. The second-order valence-electron chi connectivity index (χ2n) is 3.89. The molecular weight excluding hydrogens is 268 g/mol. The molecule has 106 valence electrons. The molecule has 0 atom stereocenters. The molecule has 1 aromatic carbocycles. The summed E-state index contributed by atoms with van der Waals surface area (Å²) < 4.78 is 43.3. The average Bonchev–Trinajstić information content (AvgIpc) is 2.46. The van der Waals surface area contributed by atoms with Gasteiger partial charge in [0.2, 0.25) is 0 Å². The van der Waals surface area contributed by atoms with E-state index in [-0.39, 0.29) is 22.6 Å². The van der Waals surface area contributed by atoms with Gasteiger partial charge >= 0.3 is 0 Å². The van der Waals surface area contributed by atoms with Gasteiger partial charge in [-0.1, -0.05) is 0 Å². The molecule has 0 saturated carbocycles. The zero-order valence-corrected chi connectivity index (χ0v) is 11.2. The smallest absolute Gasteiger partial charge is 0.152 e. The number of aromatic nitrogens is 1. The van der Waals surface area contributed by atoms with Gasteiger partial charge in [-0.3, -0.25) is 4.98 Å². The highest BCUT2D eigenvalue weighted by Crippen LogP contribution is 2.43. The van der Waals surface area contributed by atoms with Gasteiger partial charge in [0.1, 0.15) is 17.2 Å². The summed E-state index contributed by atoms with van der Waals surface area (Å²) in [4.78, 5) is 3.46. The molecule has 0 bridgehead atoms. The van der Waals surface area contributed by atoms with Gasteiger partial charge < -0.3 is 14.2 Å². The summed E-state index contributed by atoms with van der Waals surface area (Å²) in [6.07, 6.45) is 1.86. The maximum Gasteiger partial charge on any atom is 0.152 e. The molecule has 2 rings (SSSR count). The fourth-order valence-electron chi connectivity index (χ4n) is 1.90. The first-order valence-corrected chi connectivity index (χ1v) is 5.71. The maximum absolute atomic E-state index is 13.9. The number of ether oxygens (including phenoxy) is 3. The van der Waals surface area contributed by atoms with Crippen LogP contribution in [-0.2, 0) is 0 Å². The van der Waals surface area contributed by atoms with Crippen molar-refractivity contribution >= 4 is 0 Å². The fourth-order valence-corrected chi connectivity index (χ4v) is 1.90. The minimum atomic E-state index is -0.799. The predicted molar refractivity (Wildman–Crippen MR) is 69.2 cm³/mol. The molecular formula is C14H13F2NO3. The van der Waals surface area contributed by atoms with Crippen LogP contribution in [0.25, 0.3) is 11.1 Å². The van der Waals surface area contributed by atoms with Crippen LogP contribution >= 0.6 is 0 Å². The number of benzene rings is 1. The van der Waals surface area contributed by atoms with Crippen molar-refractivity contribution in [2.45, 2.75) is 0 Å². The molecule has 0 amide bonds. The van der Waals surface area contributed by atoms with Crippen molar-refractivity contribution in [1.82, 2.24) is 4.98 Å². The molecule has 0 radical (unpaired) electrons. The Labute approximate surface area is 114 Å². The van der Waals surface area contributed by atoms with E-state index < -0.39 is 11.6 Å². The molecule has 20 heavy (non-hydrogen) atoms. The summed E-state index contributed by atoms with van der Waals surface area (Å²) in [7, 11) is 4.27. The molecule has 0 unspecified atom stereocenters. The van der Waals surface area contributed by atoms with E-state index in [1.165, 1.54) is 33.5 Å². The third kappa shape index (κ3) is 2.36. The Hall–Kier alpha value is -2.37. The topological polar surface area (TPSA) is 40.6 Å². The Morgan fingerprint density at radius 1 is 0.800 bits per heavy atom. The molecule has 0 saturated heterocycles. The summed E-state index contributed by atoms with van der Waals surface area (Å²) in [5.41, 5.74) is -0.0791. The first kappa shape index (κ1) is 14.0. The number of hydrogen-bond acceptors (Lipinski definition) is 4. The maximum atomic E-state index is 13.9. The molecule has 0 aliphatic carbocycles. The van der Waals surface area contributed by atoms with Gasteiger partial charge in [-0.2, -0.15) is 0 Å². The van der Waals surface area contributed by atoms with Crippen molar-refractivity contribution in [2.24, 2.45) is 0 Å². The van der Waals surface area contributed by atoms with E-state index in [1.807, 2.05) is 0 Å². The lowest BCUT2D eigenvalue weighted by Gasteiger charge is -2.16. The van der Waals surface area contributed by atoms with E-state index >= 15 is 0 Å². The van der Waals surface area contributed by atoms with Crippen LogP contribution in [0.4, 0.5) is 8.78 Å². The van der Waals surface area contributed by atoms with Crippen molar-refractivity contribution in [3.05, 3.63) is 36.2 Å². The lowest BCUT2D eigenvalue weighted by molar-refractivity contribution is 0.377. The standard InChI is InChI=1S/C14H13F2NO3/c1-18-8-4-11(19-2)14(12(5-8)20-3)13-9(15)6-17-7-10(13)16/h4-7H,1-3H3. The minimum absolute atomic E-state index is 0.174. The van der Waals surface area contributed by atoms with Gasteiger partial charge in [0.05, 0.1) is 44.8 Å².